The Kier molecular flexibility index (Phi) is 5.37. The van der Waals surface area contributed by atoms with E-state index in [1.54, 1.807) is 0 Å². The van der Waals surface area contributed by atoms with Gasteiger partial charge in [0.25, 0.3) is 0 Å². The summed E-state index contributed by atoms with van der Waals surface area (Å²) < 4.78 is 1.43. The molecule has 1 rings (SSSR count). The first-order valence-electron chi connectivity index (χ1n) is 5.71. The summed E-state index contributed by atoms with van der Waals surface area (Å²) in [7, 11) is 0. The van der Waals surface area contributed by atoms with Crippen LogP contribution < -0.4 is 0 Å². The molecule has 0 aliphatic heterocycles. The SMILES string of the molecule is CC/C=C(\CC)c1cccc(CC)c1I. The minimum atomic E-state index is 1.12. The lowest BCUT2D eigenvalue weighted by atomic mass is 9.99. The predicted molar refractivity (Wildman–Crippen MR) is 77.1 cm³/mol. The molecule has 0 saturated carbocycles. The van der Waals surface area contributed by atoms with Crippen molar-refractivity contribution in [3.63, 3.8) is 0 Å². The molecule has 0 aliphatic rings. The van der Waals surface area contributed by atoms with Gasteiger partial charge < -0.3 is 0 Å². The second-order valence-electron chi connectivity index (χ2n) is 3.62. The first-order valence-corrected chi connectivity index (χ1v) is 6.79. The van der Waals surface area contributed by atoms with Gasteiger partial charge in [-0.2, -0.15) is 0 Å². The number of benzene rings is 1. The fourth-order valence-electron chi connectivity index (χ4n) is 1.79. The lowest BCUT2D eigenvalue weighted by Crippen LogP contribution is -1.93. The zero-order chi connectivity index (χ0) is 11.3. The van der Waals surface area contributed by atoms with Crippen LogP contribution in [0.3, 0.4) is 0 Å². The highest BCUT2D eigenvalue weighted by atomic mass is 127. The number of hydrogen-bond donors (Lipinski definition) is 0. The van der Waals surface area contributed by atoms with Gasteiger partial charge in [0.05, 0.1) is 0 Å². The molecule has 0 amide bonds. The molecule has 0 N–H and O–H groups in total. The Hall–Kier alpha value is -0.310. The third kappa shape index (κ3) is 3.07. The smallest absolute Gasteiger partial charge is 0.0237 e. The van der Waals surface area contributed by atoms with Crippen LogP contribution in [0, 0.1) is 3.57 Å². The average Bonchev–Trinajstić information content (AvgIpc) is 2.27. The van der Waals surface area contributed by atoms with E-state index in [-0.39, 0.29) is 0 Å². The summed E-state index contributed by atoms with van der Waals surface area (Å²) >= 11 is 2.48. The maximum absolute atomic E-state index is 2.48. The first kappa shape index (κ1) is 12.8. The quantitative estimate of drug-likeness (QED) is 0.682. The lowest BCUT2D eigenvalue weighted by molar-refractivity contribution is 1.11. The number of allylic oxidation sites excluding steroid dienone is 2. The fraction of sp³-hybridized carbons (Fsp3) is 0.429. The molecule has 0 bridgehead atoms. The van der Waals surface area contributed by atoms with Crippen molar-refractivity contribution in [2.24, 2.45) is 0 Å². The molecule has 0 nitrogen and oxygen atoms in total. The van der Waals surface area contributed by atoms with Crippen molar-refractivity contribution in [2.75, 3.05) is 0 Å². The van der Waals surface area contributed by atoms with Gasteiger partial charge in [-0.15, -0.1) is 0 Å². The molecule has 0 heterocycles. The predicted octanol–water partition coefficient (Wildman–Crippen LogP) is 5.06. The second-order valence-corrected chi connectivity index (χ2v) is 4.70. The van der Waals surface area contributed by atoms with Gasteiger partial charge in [-0.3, -0.25) is 0 Å². The van der Waals surface area contributed by atoms with Gasteiger partial charge in [0.15, 0.2) is 0 Å². The zero-order valence-electron chi connectivity index (χ0n) is 9.81. The average molecular weight is 314 g/mol. The maximum Gasteiger partial charge on any atom is 0.0237 e. The van der Waals surface area contributed by atoms with Crippen LogP contribution >= 0.6 is 22.6 Å². The van der Waals surface area contributed by atoms with Crippen molar-refractivity contribution in [3.05, 3.63) is 39.0 Å². The van der Waals surface area contributed by atoms with Crippen molar-refractivity contribution in [1.29, 1.82) is 0 Å². The minimum absolute atomic E-state index is 1.12. The third-order valence-corrected chi connectivity index (χ3v) is 3.91. The molecule has 82 valence electrons. The van der Waals surface area contributed by atoms with E-state index < -0.39 is 0 Å². The van der Waals surface area contributed by atoms with Gasteiger partial charge in [-0.05, 0) is 58.6 Å². The summed E-state index contributed by atoms with van der Waals surface area (Å²) in [6.07, 6.45) is 5.71. The molecule has 0 spiro atoms. The van der Waals surface area contributed by atoms with E-state index in [1.165, 1.54) is 20.3 Å². The van der Waals surface area contributed by atoms with E-state index >= 15 is 0 Å². The summed E-state index contributed by atoms with van der Waals surface area (Å²) in [5.41, 5.74) is 4.38. The Morgan fingerprint density at radius 1 is 1.27 bits per heavy atom. The molecule has 0 radical (unpaired) electrons. The van der Waals surface area contributed by atoms with Crippen molar-refractivity contribution in [3.8, 4) is 0 Å². The molecule has 1 aromatic rings. The maximum atomic E-state index is 2.48. The standard InChI is InChI=1S/C14H19I/c1-4-8-11(5-2)13-10-7-9-12(6-3)14(13)15/h7-10H,4-6H2,1-3H3/b11-8+. The van der Waals surface area contributed by atoms with Crippen LogP contribution in [0.4, 0.5) is 0 Å². The number of halogens is 1. The van der Waals surface area contributed by atoms with Crippen LogP contribution in [0.2, 0.25) is 0 Å². The molecule has 1 aromatic carbocycles. The Morgan fingerprint density at radius 3 is 2.53 bits per heavy atom. The Balaban J connectivity index is 3.18. The summed E-state index contributed by atoms with van der Waals surface area (Å²) in [6.45, 7) is 6.65. The van der Waals surface area contributed by atoms with Crippen LogP contribution in [-0.2, 0) is 6.42 Å². The summed E-state index contributed by atoms with van der Waals surface area (Å²) in [6, 6.07) is 6.64. The Bertz CT molecular complexity index is 350. The number of hydrogen-bond acceptors (Lipinski definition) is 0. The van der Waals surface area contributed by atoms with E-state index in [0.29, 0.717) is 0 Å². The van der Waals surface area contributed by atoms with E-state index in [2.05, 4.69) is 67.6 Å². The summed E-state index contributed by atoms with van der Waals surface area (Å²) in [5.74, 6) is 0. The highest BCUT2D eigenvalue weighted by Crippen LogP contribution is 2.26. The molecule has 0 aliphatic carbocycles. The molecule has 0 unspecified atom stereocenters. The Labute approximate surface area is 107 Å². The molecule has 0 fully saturated rings. The van der Waals surface area contributed by atoms with Gasteiger partial charge in [-0.25, -0.2) is 0 Å². The van der Waals surface area contributed by atoms with E-state index in [9.17, 15) is 0 Å². The normalized spacial score (nSPS) is 11.9. The molecule has 0 atom stereocenters. The second kappa shape index (κ2) is 6.31. The van der Waals surface area contributed by atoms with E-state index in [4.69, 9.17) is 0 Å². The summed E-state index contributed by atoms with van der Waals surface area (Å²) in [5, 5.41) is 0. The minimum Gasteiger partial charge on any atom is -0.0810 e. The summed E-state index contributed by atoms with van der Waals surface area (Å²) in [4.78, 5) is 0. The van der Waals surface area contributed by atoms with Crippen molar-refractivity contribution >= 4 is 28.2 Å². The topological polar surface area (TPSA) is 0 Å². The monoisotopic (exact) mass is 314 g/mol. The molecular formula is C14H19I. The van der Waals surface area contributed by atoms with Crippen LogP contribution in [0.5, 0.6) is 0 Å². The van der Waals surface area contributed by atoms with Crippen molar-refractivity contribution in [1.82, 2.24) is 0 Å². The van der Waals surface area contributed by atoms with Crippen LogP contribution in [0.15, 0.2) is 24.3 Å². The molecule has 1 heteroatoms. The molecule has 15 heavy (non-hydrogen) atoms. The highest BCUT2D eigenvalue weighted by Gasteiger charge is 2.06. The zero-order valence-corrected chi connectivity index (χ0v) is 12.0. The van der Waals surface area contributed by atoms with Gasteiger partial charge in [0.1, 0.15) is 0 Å². The molecular weight excluding hydrogens is 295 g/mol. The van der Waals surface area contributed by atoms with Crippen molar-refractivity contribution < 1.29 is 0 Å². The van der Waals surface area contributed by atoms with E-state index in [1.807, 2.05) is 0 Å². The number of rotatable bonds is 4. The van der Waals surface area contributed by atoms with Gasteiger partial charge in [0.2, 0.25) is 0 Å². The first-order chi connectivity index (χ1) is 7.24. The van der Waals surface area contributed by atoms with Crippen LogP contribution in [0.1, 0.15) is 44.7 Å². The van der Waals surface area contributed by atoms with Crippen molar-refractivity contribution in [2.45, 2.75) is 40.0 Å². The largest absolute Gasteiger partial charge is 0.0810 e. The van der Waals surface area contributed by atoms with Crippen LogP contribution in [0.25, 0.3) is 5.57 Å². The molecule has 0 aromatic heterocycles. The number of aryl methyl sites for hydroxylation is 1. The van der Waals surface area contributed by atoms with Crippen LogP contribution in [-0.4, -0.2) is 0 Å². The van der Waals surface area contributed by atoms with Gasteiger partial charge in [0, 0.05) is 3.57 Å². The Morgan fingerprint density at radius 2 is 2.00 bits per heavy atom. The highest BCUT2D eigenvalue weighted by molar-refractivity contribution is 14.1. The van der Waals surface area contributed by atoms with E-state index in [0.717, 1.165) is 19.3 Å². The van der Waals surface area contributed by atoms with Gasteiger partial charge in [-0.1, -0.05) is 45.0 Å². The fourth-order valence-corrected chi connectivity index (χ4v) is 2.88. The van der Waals surface area contributed by atoms with Gasteiger partial charge >= 0.3 is 0 Å². The molecule has 0 saturated heterocycles. The lowest BCUT2D eigenvalue weighted by Gasteiger charge is -2.11. The third-order valence-electron chi connectivity index (χ3n) is 2.64.